The van der Waals surface area contributed by atoms with Crippen LogP contribution in [0.5, 0.6) is 0 Å². The van der Waals surface area contributed by atoms with Gasteiger partial charge in [0.25, 0.3) is 0 Å². The summed E-state index contributed by atoms with van der Waals surface area (Å²) in [5.41, 5.74) is 0.254. The second kappa shape index (κ2) is 5.30. The lowest BCUT2D eigenvalue weighted by molar-refractivity contribution is 0.0875. The molecule has 0 radical (unpaired) electrons. The van der Waals surface area contributed by atoms with Crippen LogP contribution in [0, 0.1) is 17.7 Å². The van der Waals surface area contributed by atoms with Gasteiger partial charge in [0, 0.05) is 0 Å². The minimum Gasteiger partial charge on any atom is -0.445 e. The van der Waals surface area contributed by atoms with E-state index < -0.39 is 18.2 Å². The summed E-state index contributed by atoms with van der Waals surface area (Å²) in [4.78, 5) is 11.1. The molecule has 0 spiro atoms. The molecule has 2 rings (SSSR count). The Kier molecular flexibility index (Phi) is 3.56. The van der Waals surface area contributed by atoms with Gasteiger partial charge in [-0.05, 0) is 30.2 Å². The molecule has 3 nitrogen and oxygen atoms in total. The van der Waals surface area contributed by atoms with Crippen LogP contribution in [-0.4, -0.2) is 17.5 Å². The lowest BCUT2D eigenvalue weighted by atomic mass is 10.2. The predicted molar refractivity (Wildman–Crippen MR) is 62.5 cm³/mol. The Bertz CT molecular complexity index is 632. The molecule has 0 aliphatic carbocycles. The zero-order valence-corrected chi connectivity index (χ0v) is 9.31. The molecule has 0 aliphatic rings. The molecule has 1 heterocycles. The average molecular weight is 244 g/mol. The molecule has 0 unspecified atom stereocenters. The van der Waals surface area contributed by atoms with E-state index in [1.54, 1.807) is 18.2 Å². The number of carbonyl (C=O) groups excluding carboxylic acids is 1. The van der Waals surface area contributed by atoms with E-state index in [1.165, 1.54) is 18.2 Å². The zero-order chi connectivity index (χ0) is 13.0. The van der Waals surface area contributed by atoms with E-state index >= 15 is 0 Å². The number of aliphatic hydroxyl groups is 1. The third-order valence-corrected chi connectivity index (χ3v) is 2.22. The molecule has 0 aliphatic heterocycles. The number of Topliss-reactive ketones (excluding diaryl/α,β-unsaturated/α-hetero) is 1. The summed E-state index contributed by atoms with van der Waals surface area (Å²) in [5, 5.41) is 8.65. The highest BCUT2D eigenvalue weighted by molar-refractivity contribution is 5.94. The third-order valence-electron chi connectivity index (χ3n) is 2.22. The molecule has 1 aromatic carbocycles. The van der Waals surface area contributed by atoms with Crippen LogP contribution < -0.4 is 0 Å². The van der Waals surface area contributed by atoms with Crippen molar-refractivity contribution >= 4 is 5.78 Å². The minimum absolute atomic E-state index is 0.0373. The highest BCUT2D eigenvalue weighted by Crippen LogP contribution is 2.08. The minimum atomic E-state index is -0.617. The first-order valence-electron chi connectivity index (χ1n) is 5.21. The lowest BCUT2D eigenvalue weighted by Crippen LogP contribution is -2.01. The van der Waals surface area contributed by atoms with Gasteiger partial charge in [-0.2, -0.15) is 0 Å². The molecule has 1 aromatic heterocycles. The van der Waals surface area contributed by atoms with Crippen molar-refractivity contribution < 1.29 is 18.7 Å². The monoisotopic (exact) mass is 244 g/mol. The van der Waals surface area contributed by atoms with Crippen LogP contribution in [0.4, 0.5) is 4.39 Å². The van der Waals surface area contributed by atoms with E-state index in [4.69, 9.17) is 9.52 Å². The second-order valence-corrected chi connectivity index (χ2v) is 3.48. The molecular formula is C14H9FO3. The largest absolute Gasteiger partial charge is 0.445 e. The molecular weight excluding hydrogens is 235 g/mol. The van der Waals surface area contributed by atoms with Crippen molar-refractivity contribution in [2.24, 2.45) is 0 Å². The molecule has 90 valence electrons. The first kappa shape index (κ1) is 12.1. The number of halogens is 1. The smallest absolute Gasteiger partial charge is 0.223 e. The van der Waals surface area contributed by atoms with Crippen LogP contribution in [0.25, 0.3) is 0 Å². The predicted octanol–water partition coefficient (Wildman–Crippen LogP) is 1.99. The van der Waals surface area contributed by atoms with Crippen molar-refractivity contribution in [1.29, 1.82) is 0 Å². The number of hydrogen-bond acceptors (Lipinski definition) is 3. The summed E-state index contributed by atoms with van der Waals surface area (Å²) in [5.74, 6) is 4.57. The van der Waals surface area contributed by atoms with Gasteiger partial charge in [0.05, 0.1) is 5.56 Å². The van der Waals surface area contributed by atoms with Crippen molar-refractivity contribution in [3.05, 3.63) is 59.3 Å². The van der Waals surface area contributed by atoms with Crippen molar-refractivity contribution in [3.8, 4) is 11.8 Å². The van der Waals surface area contributed by atoms with Crippen LogP contribution in [0.3, 0.4) is 0 Å². The maximum atomic E-state index is 13.3. The molecule has 0 atom stereocenters. The molecule has 0 saturated heterocycles. The summed E-state index contributed by atoms with van der Waals surface area (Å²) in [7, 11) is 0. The summed E-state index contributed by atoms with van der Waals surface area (Å²) in [6, 6.07) is 9.03. The Morgan fingerprint density at radius 3 is 2.72 bits per heavy atom. The first-order valence-corrected chi connectivity index (χ1v) is 5.21. The fourth-order valence-corrected chi connectivity index (χ4v) is 1.32. The number of hydrogen-bond donors (Lipinski definition) is 1. The van der Waals surface area contributed by atoms with Crippen molar-refractivity contribution in [3.63, 3.8) is 0 Å². The Balaban J connectivity index is 2.23. The highest BCUT2D eigenvalue weighted by atomic mass is 19.1. The number of furan rings is 1. The van der Waals surface area contributed by atoms with E-state index in [-0.39, 0.29) is 17.1 Å². The fourth-order valence-electron chi connectivity index (χ4n) is 1.32. The van der Waals surface area contributed by atoms with Crippen molar-refractivity contribution in [2.45, 2.75) is 0 Å². The van der Waals surface area contributed by atoms with Gasteiger partial charge in [-0.3, -0.25) is 4.79 Å². The van der Waals surface area contributed by atoms with Crippen LogP contribution in [0.2, 0.25) is 0 Å². The SMILES string of the molecule is O=C(CO)c1ccc(C#Cc2ccccc2F)o1. The van der Waals surface area contributed by atoms with Crippen LogP contribution in [0.1, 0.15) is 21.9 Å². The van der Waals surface area contributed by atoms with Crippen molar-refractivity contribution in [2.75, 3.05) is 6.61 Å². The van der Waals surface area contributed by atoms with Crippen LogP contribution >= 0.6 is 0 Å². The van der Waals surface area contributed by atoms with E-state index in [2.05, 4.69) is 11.8 Å². The van der Waals surface area contributed by atoms with Gasteiger partial charge in [0.1, 0.15) is 12.4 Å². The summed E-state index contributed by atoms with van der Waals surface area (Å²) >= 11 is 0. The molecule has 18 heavy (non-hydrogen) atoms. The fraction of sp³-hybridized carbons (Fsp3) is 0.0714. The molecule has 1 N–H and O–H groups in total. The first-order chi connectivity index (χ1) is 8.70. The van der Waals surface area contributed by atoms with Gasteiger partial charge in [0.2, 0.25) is 5.78 Å². The number of carbonyl (C=O) groups is 1. The number of rotatable bonds is 2. The van der Waals surface area contributed by atoms with Crippen LogP contribution in [0.15, 0.2) is 40.8 Å². The summed E-state index contributed by atoms with van der Waals surface area (Å²) < 4.78 is 18.4. The molecule has 0 saturated carbocycles. The number of aliphatic hydroxyl groups excluding tert-OH is 1. The van der Waals surface area contributed by atoms with Gasteiger partial charge < -0.3 is 9.52 Å². The number of benzene rings is 1. The summed E-state index contributed by atoms with van der Waals surface area (Å²) in [6.07, 6.45) is 0. The number of ketones is 1. The van der Waals surface area contributed by atoms with E-state index in [0.29, 0.717) is 0 Å². The van der Waals surface area contributed by atoms with E-state index in [1.807, 2.05) is 0 Å². The van der Waals surface area contributed by atoms with Gasteiger partial charge >= 0.3 is 0 Å². The van der Waals surface area contributed by atoms with E-state index in [9.17, 15) is 9.18 Å². The zero-order valence-electron chi connectivity index (χ0n) is 9.31. The van der Waals surface area contributed by atoms with Gasteiger partial charge in [-0.1, -0.05) is 18.1 Å². The average Bonchev–Trinajstić information content (AvgIpc) is 2.86. The van der Waals surface area contributed by atoms with Gasteiger partial charge in [-0.25, -0.2) is 4.39 Å². The molecule has 0 amide bonds. The summed E-state index contributed by atoms with van der Waals surface area (Å²) in [6.45, 7) is -0.617. The van der Waals surface area contributed by atoms with E-state index in [0.717, 1.165) is 0 Å². The molecule has 2 aromatic rings. The standard InChI is InChI=1S/C14H9FO3/c15-12-4-2-1-3-10(12)5-6-11-7-8-14(18-11)13(17)9-16/h1-4,7-8,16H,9H2. The molecule has 0 bridgehead atoms. The third kappa shape index (κ3) is 2.65. The highest BCUT2D eigenvalue weighted by Gasteiger charge is 2.08. The molecule has 4 heteroatoms. The van der Waals surface area contributed by atoms with Gasteiger partial charge in [-0.15, -0.1) is 0 Å². The topological polar surface area (TPSA) is 50.4 Å². The molecule has 0 fully saturated rings. The quantitative estimate of drug-likeness (QED) is 0.649. The maximum Gasteiger partial charge on any atom is 0.223 e. The van der Waals surface area contributed by atoms with Crippen LogP contribution in [-0.2, 0) is 0 Å². The normalized spacial score (nSPS) is 9.67. The lowest BCUT2D eigenvalue weighted by Gasteiger charge is -1.91. The maximum absolute atomic E-state index is 13.3. The Morgan fingerprint density at radius 1 is 1.22 bits per heavy atom. The van der Waals surface area contributed by atoms with Crippen molar-refractivity contribution in [1.82, 2.24) is 0 Å². The Hall–Kier alpha value is -2.38. The Morgan fingerprint density at radius 2 is 2.00 bits per heavy atom. The second-order valence-electron chi connectivity index (χ2n) is 3.48. The van der Waals surface area contributed by atoms with Gasteiger partial charge in [0.15, 0.2) is 11.5 Å². The Labute approximate surface area is 103 Å².